The van der Waals surface area contributed by atoms with E-state index in [4.69, 9.17) is 4.74 Å². The molecule has 0 aliphatic carbocycles. The van der Waals surface area contributed by atoms with Crippen LogP contribution in [0.1, 0.15) is 19.3 Å². The van der Waals surface area contributed by atoms with Gasteiger partial charge in [-0.3, -0.25) is 0 Å². The van der Waals surface area contributed by atoms with Gasteiger partial charge in [0.2, 0.25) is 0 Å². The Morgan fingerprint density at radius 1 is 1.07 bits per heavy atom. The van der Waals surface area contributed by atoms with Gasteiger partial charge in [0.1, 0.15) is 5.75 Å². The fourth-order valence-corrected chi connectivity index (χ4v) is 1.16. The molecule has 0 spiro atoms. The molecule has 1 aromatic carbocycles. The largest absolute Gasteiger partial charge is 0.494 e. The van der Waals surface area contributed by atoms with Crippen molar-refractivity contribution in [3.05, 3.63) is 35.2 Å². The second-order valence-corrected chi connectivity index (χ2v) is 3.07. The van der Waals surface area contributed by atoms with Crippen LogP contribution in [0, 0.1) is 4.91 Å². The van der Waals surface area contributed by atoms with Crippen LogP contribution in [-0.4, -0.2) is 13.2 Å². The highest BCUT2D eigenvalue weighted by Gasteiger charge is 1.92. The minimum Gasteiger partial charge on any atom is -0.494 e. The average Bonchev–Trinajstić information content (AvgIpc) is 2.25. The van der Waals surface area contributed by atoms with Crippen molar-refractivity contribution in [2.24, 2.45) is 5.18 Å². The van der Waals surface area contributed by atoms with Gasteiger partial charge in [-0.05, 0) is 31.4 Å². The molecule has 0 bridgehead atoms. The number of rotatable bonds is 7. The lowest BCUT2D eigenvalue weighted by molar-refractivity contribution is 0.305. The lowest BCUT2D eigenvalue weighted by Gasteiger charge is -2.04. The molecule has 14 heavy (non-hydrogen) atoms. The predicted molar refractivity (Wildman–Crippen MR) is 56.5 cm³/mol. The number of hydrogen-bond acceptors (Lipinski definition) is 3. The van der Waals surface area contributed by atoms with Gasteiger partial charge in [-0.15, -0.1) is 0 Å². The Bertz CT molecular complexity index is 249. The van der Waals surface area contributed by atoms with Crippen LogP contribution in [0.25, 0.3) is 0 Å². The maximum absolute atomic E-state index is 9.78. The van der Waals surface area contributed by atoms with Gasteiger partial charge in [0.05, 0.1) is 13.2 Å². The van der Waals surface area contributed by atoms with Crippen molar-refractivity contribution in [2.75, 3.05) is 13.2 Å². The summed E-state index contributed by atoms with van der Waals surface area (Å²) in [7, 11) is 0. The zero-order valence-corrected chi connectivity index (χ0v) is 8.19. The third-order valence-corrected chi connectivity index (χ3v) is 1.91. The van der Waals surface area contributed by atoms with Gasteiger partial charge in [-0.25, -0.2) is 0 Å². The van der Waals surface area contributed by atoms with Crippen LogP contribution >= 0.6 is 0 Å². The van der Waals surface area contributed by atoms with Crippen molar-refractivity contribution < 1.29 is 4.74 Å². The summed E-state index contributed by atoms with van der Waals surface area (Å²) >= 11 is 0. The molecule has 0 unspecified atom stereocenters. The lowest BCUT2D eigenvalue weighted by Crippen LogP contribution is -1.97. The predicted octanol–water partition coefficient (Wildman–Crippen LogP) is 3.00. The summed E-state index contributed by atoms with van der Waals surface area (Å²) in [5, 5.41) is 2.80. The standard InChI is InChI=1S/C11H15NO2/c13-12-9-5-2-6-10-14-11-7-3-1-4-8-11/h1,3-4,7-8H,2,5-6,9-10H2. The van der Waals surface area contributed by atoms with Crippen LogP contribution < -0.4 is 4.74 Å². The molecular formula is C11H15NO2. The van der Waals surface area contributed by atoms with Crippen LogP contribution in [0.4, 0.5) is 0 Å². The second-order valence-electron chi connectivity index (χ2n) is 3.07. The molecule has 0 heterocycles. The summed E-state index contributed by atoms with van der Waals surface area (Å²) in [5.74, 6) is 0.904. The SMILES string of the molecule is O=NCCCCCOc1ccccc1. The van der Waals surface area contributed by atoms with Crippen LogP contribution in [-0.2, 0) is 0 Å². The van der Waals surface area contributed by atoms with E-state index in [1.54, 1.807) is 0 Å². The zero-order chi connectivity index (χ0) is 10.1. The number of unbranched alkanes of at least 4 members (excludes halogenated alkanes) is 2. The van der Waals surface area contributed by atoms with E-state index in [2.05, 4.69) is 5.18 Å². The van der Waals surface area contributed by atoms with Crippen LogP contribution in [0.2, 0.25) is 0 Å². The topological polar surface area (TPSA) is 38.7 Å². The minimum atomic E-state index is 0.422. The highest BCUT2D eigenvalue weighted by Crippen LogP contribution is 2.09. The van der Waals surface area contributed by atoms with E-state index in [-0.39, 0.29) is 0 Å². The smallest absolute Gasteiger partial charge is 0.119 e. The Labute approximate surface area is 84.1 Å². The van der Waals surface area contributed by atoms with E-state index in [9.17, 15) is 4.91 Å². The van der Waals surface area contributed by atoms with Crippen LogP contribution in [0.15, 0.2) is 35.5 Å². The molecule has 0 radical (unpaired) electrons. The molecule has 0 N–H and O–H groups in total. The van der Waals surface area contributed by atoms with E-state index in [1.807, 2.05) is 30.3 Å². The molecule has 3 nitrogen and oxygen atoms in total. The van der Waals surface area contributed by atoms with Gasteiger partial charge < -0.3 is 4.74 Å². The highest BCUT2D eigenvalue weighted by molar-refractivity contribution is 5.20. The summed E-state index contributed by atoms with van der Waals surface area (Å²) in [5.41, 5.74) is 0. The number of para-hydroxylation sites is 1. The van der Waals surface area contributed by atoms with Gasteiger partial charge >= 0.3 is 0 Å². The molecular weight excluding hydrogens is 178 g/mol. The molecule has 0 aromatic heterocycles. The van der Waals surface area contributed by atoms with Crippen molar-refractivity contribution in [3.63, 3.8) is 0 Å². The Hall–Kier alpha value is -1.38. The molecule has 0 fully saturated rings. The molecule has 1 aromatic rings. The van der Waals surface area contributed by atoms with E-state index in [0.717, 1.165) is 25.0 Å². The van der Waals surface area contributed by atoms with Crippen molar-refractivity contribution in [3.8, 4) is 5.75 Å². The first-order chi connectivity index (χ1) is 6.93. The fraction of sp³-hybridized carbons (Fsp3) is 0.455. The van der Waals surface area contributed by atoms with E-state index < -0.39 is 0 Å². The lowest BCUT2D eigenvalue weighted by atomic mass is 10.2. The maximum Gasteiger partial charge on any atom is 0.119 e. The molecule has 0 atom stereocenters. The number of ether oxygens (including phenoxy) is 1. The van der Waals surface area contributed by atoms with E-state index >= 15 is 0 Å². The fourth-order valence-electron chi connectivity index (χ4n) is 1.16. The van der Waals surface area contributed by atoms with Crippen LogP contribution in [0.5, 0.6) is 5.75 Å². The molecule has 0 amide bonds. The van der Waals surface area contributed by atoms with Gasteiger partial charge in [0, 0.05) is 0 Å². The van der Waals surface area contributed by atoms with Gasteiger partial charge in [0.25, 0.3) is 0 Å². The summed E-state index contributed by atoms with van der Waals surface area (Å²) in [4.78, 5) is 9.78. The zero-order valence-electron chi connectivity index (χ0n) is 8.19. The third-order valence-electron chi connectivity index (χ3n) is 1.91. The Kier molecular flexibility index (Phi) is 5.40. The van der Waals surface area contributed by atoms with Gasteiger partial charge in [-0.1, -0.05) is 23.4 Å². The molecule has 0 aliphatic rings. The molecule has 0 aliphatic heterocycles. The second kappa shape index (κ2) is 7.06. The number of nitrogens with zero attached hydrogens (tertiary/aromatic N) is 1. The highest BCUT2D eigenvalue weighted by atomic mass is 16.5. The molecule has 3 heteroatoms. The first-order valence-electron chi connectivity index (χ1n) is 4.90. The average molecular weight is 193 g/mol. The first-order valence-corrected chi connectivity index (χ1v) is 4.90. The Morgan fingerprint density at radius 3 is 2.57 bits per heavy atom. The Morgan fingerprint density at radius 2 is 1.86 bits per heavy atom. The quantitative estimate of drug-likeness (QED) is 0.493. The van der Waals surface area contributed by atoms with Crippen molar-refractivity contribution in [2.45, 2.75) is 19.3 Å². The number of benzene rings is 1. The van der Waals surface area contributed by atoms with Crippen LogP contribution in [0.3, 0.4) is 0 Å². The van der Waals surface area contributed by atoms with Gasteiger partial charge in [-0.2, -0.15) is 4.91 Å². The molecule has 1 rings (SSSR count). The maximum atomic E-state index is 9.78. The molecule has 0 saturated heterocycles. The number of nitroso groups, excluding NO2 is 1. The summed E-state index contributed by atoms with van der Waals surface area (Å²) < 4.78 is 5.48. The van der Waals surface area contributed by atoms with Crippen molar-refractivity contribution >= 4 is 0 Å². The summed E-state index contributed by atoms with van der Waals surface area (Å²) in [6, 6.07) is 9.74. The third kappa shape index (κ3) is 4.60. The minimum absolute atomic E-state index is 0.422. The van der Waals surface area contributed by atoms with Crippen molar-refractivity contribution in [1.29, 1.82) is 0 Å². The van der Waals surface area contributed by atoms with E-state index in [0.29, 0.717) is 13.2 Å². The molecule has 76 valence electrons. The summed E-state index contributed by atoms with van der Waals surface area (Å²) in [6.07, 6.45) is 2.84. The van der Waals surface area contributed by atoms with Crippen molar-refractivity contribution in [1.82, 2.24) is 0 Å². The number of hydrogen-bond donors (Lipinski definition) is 0. The molecule has 0 saturated carbocycles. The van der Waals surface area contributed by atoms with E-state index in [1.165, 1.54) is 0 Å². The summed E-state index contributed by atoms with van der Waals surface area (Å²) in [6.45, 7) is 1.13. The normalized spacial score (nSPS) is 9.71. The first kappa shape index (κ1) is 10.7. The van der Waals surface area contributed by atoms with Gasteiger partial charge in [0.15, 0.2) is 0 Å². The monoisotopic (exact) mass is 193 g/mol. The Balaban J connectivity index is 2.02.